The maximum absolute atomic E-state index is 12.0. The first-order valence-corrected chi connectivity index (χ1v) is 7.75. The summed E-state index contributed by atoms with van der Waals surface area (Å²) in [7, 11) is -1.50. The molecule has 0 unspecified atom stereocenters. The summed E-state index contributed by atoms with van der Waals surface area (Å²) in [4.78, 5) is 12.0. The molecule has 0 fully saturated rings. The van der Waals surface area contributed by atoms with E-state index in [1.54, 1.807) is 31.2 Å². The van der Waals surface area contributed by atoms with Crippen molar-refractivity contribution >= 4 is 18.6 Å². The van der Waals surface area contributed by atoms with Crippen molar-refractivity contribution in [3.05, 3.63) is 54.2 Å². The highest BCUT2D eigenvalue weighted by Crippen LogP contribution is 2.26. The van der Waals surface area contributed by atoms with Gasteiger partial charge in [0.2, 0.25) is 0 Å². The van der Waals surface area contributed by atoms with E-state index in [0.717, 1.165) is 16.7 Å². The zero-order chi connectivity index (χ0) is 17.8. The van der Waals surface area contributed by atoms with Gasteiger partial charge in [-0.2, -0.15) is 10.3 Å². The number of nitrogens with zero attached hydrogens (tertiary/aromatic N) is 2. The van der Waals surface area contributed by atoms with Crippen LogP contribution in [-0.2, 0) is 4.74 Å². The fourth-order valence-corrected chi connectivity index (χ4v) is 2.47. The Morgan fingerprint density at radius 2 is 1.80 bits per heavy atom. The predicted molar refractivity (Wildman–Crippen MR) is 93.0 cm³/mol. The molecule has 1 aromatic heterocycles. The van der Waals surface area contributed by atoms with Crippen LogP contribution in [0.25, 0.3) is 22.4 Å². The van der Waals surface area contributed by atoms with Crippen molar-refractivity contribution in [3.8, 4) is 22.4 Å². The van der Waals surface area contributed by atoms with E-state index in [1.165, 1.54) is 0 Å². The Hall–Kier alpha value is -2.97. The molecule has 3 aromatic rings. The number of carbonyl (C=O) groups excluding carboxylic acids is 1. The van der Waals surface area contributed by atoms with Crippen LogP contribution in [0.5, 0.6) is 0 Å². The maximum Gasteiger partial charge on any atom is 0.488 e. The second-order valence-corrected chi connectivity index (χ2v) is 5.32. The molecule has 0 saturated carbocycles. The van der Waals surface area contributed by atoms with Crippen LogP contribution >= 0.6 is 0 Å². The van der Waals surface area contributed by atoms with Crippen LogP contribution in [0.15, 0.2) is 48.5 Å². The van der Waals surface area contributed by atoms with E-state index in [9.17, 15) is 14.8 Å². The van der Waals surface area contributed by atoms with E-state index in [4.69, 9.17) is 4.74 Å². The van der Waals surface area contributed by atoms with Gasteiger partial charge in [-0.1, -0.05) is 42.5 Å². The maximum atomic E-state index is 12.0. The van der Waals surface area contributed by atoms with Gasteiger partial charge in [-0.3, -0.25) is 0 Å². The van der Waals surface area contributed by atoms with Crippen molar-refractivity contribution in [2.75, 3.05) is 6.61 Å². The van der Waals surface area contributed by atoms with Gasteiger partial charge in [-0.25, -0.2) is 4.79 Å². The van der Waals surface area contributed by atoms with Gasteiger partial charge in [-0.15, -0.1) is 5.10 Å². The Morgan fingerprint density at radius 3 is 2.48 bits per heavy atom. The molecule has 0 radical (unpaired) electrons. The van der Waals surface area contributed by atoms with E-state index >= 15 is 0 Å². The lowest BCUT2D eigenvalue weighted by Crippen LogP contribution is -2.29. The molecule has 126 valence electrons. The topological polar surface area (TPSA) is 108 Å². The van der Waals surface area contributed by atoms with Crippen LogP contribution in [0.2, 0.25) is 0 Å². The number of hydrogen-bond acceptors (Lipinski definition) is 6. The summed E-state index contributed by atoms with van der Waals surface area (Å²) in [6.45, 7) is 1.99. The van der Waals surface area contributed by atoms with Gasteiger partial charge in [0.05, 0.1) is 6.61 Å². The lowest BCUT2D eigenvalue weighted by atomic mass is 9.80. The number of benzene rings is 2. The van der Waals surface area contributed by atoms with Gasteiger partial charge in [0, 0.05) is 5.56 Å². The van der Waals surface area contributed by atoms with Crippen LogP contribution in [0.4, 0.5) is 0 Å². The molecule has 0 aliphatic heterocycles. The molecule has 0 bridgehead atoms. The summed E-state index contributed by atoms with van der Waals surface area (Å²) >= 11 is 0. The number of aromatic amines is 1. The van der Waals surface area contributed by atoms with Crippen LogP contribution in [0, 0.1) is 0 Å². The number of ether oxygens (including phenoxy) is 1. The normalized spacial score (nSPS) is 10.5. The van der Waals surface area contributed by atoms with E-state index in [1.807, 2.05) is 24.3 Å². The molecule has 0 atom stereocenters. The first kappa shape index (κ1) is 16.9. The van der Waals surface area contributed by atoms with Gasteiger partial charge < -0.3 is 14.8 Å². The minimum atomic E-state index is -1.50. The highest BCUT2D eigenvalue weighted by atomic mass is 16.5. The molecule has 8 heteroatoms. The van der Waals surface area contributed by atoms with Crippen LogP contribution in [0.3, 0.4) is 0 Å². The second kappa shape index (κ2) is 7.29. The lowest BCUT2D eigenvalue weighted by molar-refractivity contribution is 0.0520. The fourth-order valence-electron chi connectivity index (χ4n) is 2.47. The number of H-pyrrole nitrogens is 1. The fraction of sp³-hybridized carbons (Fsp3) is 0.118. The van der Waals surface area contributed by atoms with Crippen LogP contribution in [-0.4, -0.2) is 45.2 Å². The molecule has 25 heavy (non-hydrogen) atoms. The van der Waals surface area contributed by atoms with Crippen LogP contribution in [0.1, 0.15) is 17.4 Å². The molecule has 0 spiro atoms. The van der Waals surface area contributed by atoms with E-state index < -0.39 is 13.1 Å². The summed E-state index contributed by atoms with van der Waals surface area (Å²) in [5.41, 5.74) is 3.49. The van der Waals surface area contributed by atoms with Crippen molar-refractivity contribution < 1.29 is 19.6 Å². The third-order valence-electron chi connectivity index (χ3n) is 3.69. The van der Waals surface area contributed by atoms with Crippen molar-refractivity contribution in [2.45, 2.75) is 6.92 Å². The summed E-state index contributed by atoms with van der Waals surface area (Å²) in [6, 6.07) is 14.4. The first-order chi connectivity index (χ1) is 12.1. The van der Waals surface area contributed by atoms with E-state index in [2.05, 4.69) is 15.4 Å². The molecule has 3 N–H and O–H groups in total. The summed E-state index contributed by atoms with van der Waals surface area (Å²) in [5, 5.41) is 28.7. The number of hydrogen-bond donors (Lipinski definition) is 3. The minimum Gasteiger partial charge on any atom is -0.461 e. The van der Waals surface area contributed by atoms with Crippen molar-refractivity contribution in [3.63, 3.8) is 0 Å². The van der Waals surface area contributed by atoms with Crippen molar-refractivity contribution in [1.29, 1.82) is 0 Å². The molecule has 0 aliphatic carbocycles. The van der Waals surface area contributed by atoms with Crippen molar-refractivity contribution in [1.82, 2.24) is 15.4 Å². The van der Waals surface area contributed by atoms with Gasteiger partial charge >= 0.3 is 13.1 Å². The van der Waals surface area contributed by atoms with Gasteiger partial charge in [-0.05, 0) is 29.6 Å². The molecule has 2 aromatic carbocycles. The Labute approximate surface area is 144 Å². The predicted octanol–water partition coefficient (Wildman–Crippen LogP) is 0.995. The van der Waals surface area contributed by atoms with E-state index in [-0.39, 0.29) is 12.3 Å². The zero-order valence-electron chi connectivity index (χ0n) is 13.5. The molecular formula is C17H16BN3O4. The molecule has 0 saturated heterocycles. The molecule has 3 rings (SSSR count). The highest BCUT2D eigenvalue weighted by molar-refractivity contribution is 6.58. The van der Waals surface area contributed by atoms with E-state index in [0.29, 0.717) is 11.2 Å². The minimum absolute atomic E-state index is 0.137. The summed E-state index contributed by atoms with van der Waals surface area (Å²) in [6.07, 6.45) is 0. The quantitative estimate of drug-likeness (QED) is 0.473. The zero-order valence-corrected chi connectivity index (χ0v) is 13.5. The number of esters is 1. The Bertz CT molecular complexity index is 878. The lowest BCUT2D eigenvalue weighted by Gasteiger charge is -2.06. The third kappa shape index (κ3) is 3.60. The summed E-state index contributed by atoms with van der Waals surface area (Å²) in [5.74, 6) is -0.530. The SMILES string of the molecule is CCOC(=O)c1n[nH]nc1-c1cccc(-c2ccc(B(O)O)cc2)c1. The highest BCUT2D eigenvalue weighted by Gasteiger charge is 2.19. The molecule has 1 heterocycles. The molecule has 0 aliphatic rings. The summed E-state index contributed by atoms with van der Waals surface area (Å²) < 4.78 is 4.99. The Morgan fingerprint density at radius 1 is 1.08 bits per heavy atom. The standard InChI is InChI=1S/C17H16BN3O4/c1-2-25-17(22)16-15(19-21-20-16)13-5-3-4-12(10-13)11-6-8-14(9-7-11)18(23)24/h3-10,23-24H,2H2,1H3,(H,19,20,21). The Kier molecular flexibility index (Phi) is 4.92. The Balaban J connectivity index is 1.95. The van der Waals surface area contributed by atoms with Gasteiger partial charge in [0.15, 0.2) is 5.69 Å². The van der Waals surface area contributed by atoms with Gasteiger partial charge in [0.25, 0.3) is 0 Å². The number of carbonyl (C=O) groups is 1. The molecular weight excluding hydrogens is 321 g/mol. The third-order valence-corrected chi connectivity index (χ3v) is 3.69. The number of rotatable bonds is 5. The first-order valence-electron chi connectivity index (χ1n) is 7.75. The molecule has 0 amide bonds. The largest absolute Gasteiger partial charge is 0.488 e. The second-order valence-electron chi connectivity index (χ2n) is 5.32. The van der Waals surface area contributed by atoms with Crippen LogP contribution < -0.4 is 5.46 Å². The monoisotopic (exact) mass is 337 g/mol. The molecule has 7 nitrogen and oxygen atoms in total. The van der Waals surface area contributed by atoms with Crippen molar-refractivity contribution in [2.24, 2.45) is 0 Å². The number of nitrogens with one attached hydrogen (secondary N) is 1. The smallest absolute Gasteiger partial charge is 0.461 e. The average Bonchev–Trinajstić information content (AvgIpc) is 3.12. The average molecular weight is 337 g/mol. The number of aromatic nitrogens is 3. The van der Waals surface area contributed by atoms with Gasteiger partial charge in [0.1, 0.15) is 5.69 Å².